The van der Waals surface area contributed by atoms with E-state index in [2.05, 4.69) is 10.5 Å². The molecule has 1 aliphatic heterocycles. The van der Waals surface area contributed by atoms with Gasteiger partial charge >= 0.3 is 0 Å². The third-order valence-electron chi connectivity index (χ3n) is 5.28. The van der Waals surface area contributed by atoms with E-state index in [9.17, 15) is 18.3 Å². The Balaban J connectivity index is 1.53. The molecular formula is C25H25N3O7S. The van der Waals surface area contributed by atoms with Crippen LogP contribution in [0.15, 0.2) is 76.7 Å². The molecule has 0 saturated heterocycles. The highest BCUT2D eigenvalue weighted by Gasteiger charge is 2.28. The molecule has 4 rings (SSSR count). The SMILES string of the molecule is COc1cc(C=NNC(=O)CN(Cc2ccccc2)S(=O)(=O)c2ccc3c(c2)OCCO3)ccc1O. The minimum absolute atomic E-state index is 0.0184. The summed E-state index contributed by atoms with van der Waals surface area (Å²) in [5.41, 5.74) is 3.63. The van der Waals surface area contributed by atoms with Crippen molar-refractivity contribution in [1.82, 2.24) is 9.73 Å². The Hall–Kier alpha value is -4.09. The highest BCUT2D eigenvalue weighted by molar-refractivity contribution is 7.89. The lowest BCUT2D eigenvalue weighted by atomic mass is 10.2. The Morgan fingerprint density at radius 1 is 1.08 bits per heavy atom. The van der Waals surface area contributed by atoms with Crippen LogP contribution >= 0.6 is 0 Å². The van der Waals surface area contributed by atoms with Gasteiger partial charge in [0, 0.05) is 12.6 Å². The average molecular weight is 512 g/mol. The molecule has 0 spiro atoms. The largest absolute Gasteiger partial charge is 0.504 e. The smallest absolute Gasteiger partial charge is 0.255 e. The summed E-state index contributed by atoms with van der Waals surface area (Å²) >= 11 is 0. The molecule has 0 bridgehead atoms. The number of phenols is 1. The van der Waals surface area contributed by atoms with E-state index in [1.807, 2.05) is 6.07 Å². The number of sulfonamides is 1. The molecule has 0 radical (unpaired) electrons. The summed E-state index contributed by atoms with van der Waals surface area (Å²) in [6.45, 7) is 0.209. The van der Waals surface area contributed by atoms with Crippen molar-refractivity contribution in [1.29, 1.82) is 0 Å². The number of carbonyl (C=O) groups is 1. The van der Waals surface area contributed by atoms with Crippen molar-refractivity contribution in [2.75, 3.05) is 26.9 Å². The van der Waals surface area contributed by atoms with Gasteiger partial charge in [-0.05, 0) is 41.5 Å². The highest BCUT2D eigenvalue weighted by atomic mass is 32.2. The van der Waals surface area contributed by atoms with Crippen molar-refractivity contribution >= 4 is 22.1 Å². The van der Waals surface area contributed by atoms with Gasteiger partial charge in [-0.3, -0.25) is 4.79 Å². The van der Waals surface area contributed by atoms with Crippen LogP contribution in [0.25, 0.3) is 0 Å². The fourth-order valence-corrected chi connectivity index (χ4v) is 4.90. The summed E-state index contributed by atoms with van der Waals surface area (Å²) in [5.74, 6) is 0.395. The second-order valence-corrected chi connectivity index (χ2v) is 9.73. The second kappa shape index (κ2) is 11.1. The molecule has 0 unspecified atom stereocenters. The Bertz CT molecular complexity index is 1360. The first-order chi connectivity index (χ1) is 17.4. The van der Waals surface area contributed by atoms with Crippen molar-refractivity contribution in [3.63, 3.8) is 0 Å². The Labute approximate surface area is 208 Å². The van der Waals surface area contributed by atoms with E-state index in [0.29, 0.717) is 35.8 Å². The minimum Gasteiger partial charge on any atom is -0.504 e. The van der Waals surface area contributed by atoms with Gasteiger partial charge in [-0.1, -0.05) is 30.3 Å². The maximum Gasteiger partial charge on any atom is 0.255 e. The van der Waals surface area contributed by atoms with Gasteiger partial charge in [0.2, 0.25) is 10.0 Å². The number of hydrazone groups is 1. The van der Waals surface area contributed by atoms with Crippen LogP contribution in [0.5, 0.6) is 23.0 Å². The highest BCUT2D eigenvalue weighted by Crippen LogP contribution is 2.33. The zero-order valence-electron chi connectivity index (χ0n) is 19.5. The first kappa shape index (κ1) is 25.0. The average Bonchev–Trinajstić information content (AvgIpc) is 2.89. The molecule has 11 heteroatoms. The van der Waals surface area contributed by atoms with Crippen molar-refractivity contribution in [2.45, 2.75) is 11.4 Å². The van der Waals surface area contributed by atoms with E-state index in [1.165, 1.54) is 31.5 Å². The summed E-state index contributed by atoms with van der Waals surface area (Å²) < 4.78 is 44.2. The summed E-state index contributed by atoms with van der Waals surface area (Å²) in [7, 11) is -2.66. The number of phenolic OH excluding ortho intramolecular Hbond substituents is 1. The third-order valence-corrected chi connectivity index (χ3v) is 7.07. The molecule has 1 amide bonds. The van der Waals surface area contributed by atoms with E-state index in [-0.39, 0.29) is 22.9 Å². The van der Waals surface area contributed by atoms with Crippen LogP contribution in [0.3, 0.4) is 0 Å². The molecule has 1 heterocycles. The first-order valence-electron chi connectivity index (χ1n) is 11.0. The summed E-state index contributed by atoms with van der Waals surface area (Å²) in [6.07, 6.45) is 1.36. The Morgan fingerprint density at radius 2 is 1.83 bits per heavy atom. The van der Waals surface area contributed by atoms with Gasteiger partial charge in [0.1, 0.15) is 13.2 Å². The van der Waals surface area contributed by atoms with E-state index < -0.39 is 22.5 Å². The lowest BCUT2D eigenvalue weighted by Crippen LogP contribution is -2.39. The molecular weight excluding hydrogens is 486 g/mol. The van der Waals surface area contributed by atoms with E-state index in [1.54, 1.807) is 42.5 Å². The Kier molecular flexibility index (Phi) is 7.71. The number of carbonyl (C=O) groups excluding carboxylic acids is 1. The van der Waals surface area contributed by atoms with Gasteiger partial charge in [0.15, 0.2) is 23.0 Å². The van der Waals surface area contributed by atoms with Crippen LogP contribution in [0.2, 0.25) is 0 Å². The lowest BCUT2D eigenvalue weighted by Gasteiger charge is -2.23. The van der Waals surface area contributed by atoms with Crippen molar-refractivity contribution in [2.24, 2.45) is 5.10 Å². The molecule has 3 aromatic carbocycles. The van der Waals surface area contributed by atoms with Gasteiger partial charge in [0.05, 0.1) is 24.8 Å². The van der Waals surface area contributed by atoms with Crippen LogP contribution in [0.4, 0.5) is 0 Å². The maximum atomic E-state index is 13.5. The van der Waals surface area contributed by atoms with Crippen LogP contribution in [0.1, 0.15) is 11.1 Å². The molecule has 2 N–H and O–H groups in total. The van der Waals surface area contributed by atoms with Gasteiger partial charge in [-0.2, -0.15) is 9.41 Å². The fraction of sp³-hybridized carbons (Fsp3) is 0.200. The van der Waals surface area contributed by atoms with E-state index in [0.717, 1.165) is 4.31 Å². The molecule has 1 aliphatic rings. The molecule has 3 aromatic rings. The third kappa shape index (κ3) is 5.93. The number of ether oxygens (including phenoxy) is 3. The summed E-state index contributed by atoms with van der Waals surface area (Å²) in [5, 5.41) is 13.6. The number of nitrogens with one attached hydrogen (secondary N) is 1. The van der Waals surface area contributed by atoms with Gasteiger partial charge < -0.3 is 19.3 Å². The number of methoxy groups -OCH3 is 1. The maximum absolute atomic E-state index is 13.5. The topological polar surface area (TPSA) is 127 Å². The number of fused-ring (bicyclic) bond motifs is 1. The van der Waals surface area contributed by atoms with E-state index in [4.69, 9.17) is 14.2 Å². The quantitative estimate of drug-likeness (QED) is 0.334. The number of rotatable bonds is 9. The molecule has 0 atom stereocenters. The van der Waals surface area contributed by atoms with Crippen LogP contribution in [0, 0.1) is 0 Å². The number of aromatic hydroxyl groups is 1. The van der Waals surface area contributed by atoms with Crippen LogP contribution < -0.4 is 19.6 Å². The number of hydrogen-bond donors (Lipinski definition) is 2. The van der Waals surface area contributed by atoms with Crippen LogP contribution in [-0.4, -0.2) is 56.8 Å². The molecule has 188 valence electrons. The molecule has 36 heavy (non-hydrogen) atoms. The summed E-state index contributed by atoms with van der Waals surface area (Å²) in [4.78, 5) is 12.7. The van der Waals surface area contributed by atoms with E-state index >= 15 is 0 Å². The molecule has 0 aliphatic carbocycles. The zero-order valence-corrected chi connectivity index (χ0v) is 20.3. The Morgan fingerprint density at radius 3 is 2.58 bits per heavy atom. The predicted molar refractivity (Wildman–Crippen MR) is 132 cm³/mol. The molecule has 10 nitrogen and oxygen atoms in total. The second-order valence-electron chi connectivity index (χ2n) is 7.79. The minimum atomic E-state index is -4.08. The standard InChI is InChI=1S/C25H25N3O7S/c1-33-23-13-19(7-9-21(23)29)15-26-27-25(30)17-28(16-18-5-3-2-4-6-18)36(31,32)20-8-10-22-24(14-20)35-12-11-34-22/h2-10,13-15,29H,11-12,16-17H2,1H3,(H,27,30). The predicted octanol–water partition coefficient (Wildman–Crippen LogP) is 2.51. The van der Waals surface area contributed by atoms with Crippen molar-refractivity contribution in [3.8, 4) is 23.0 Å². The van der Waals surface area contributed by atoms with Gasteiger partial charge in [-0.15, -0.1) is 0 Å². The first-order valence-corrected chi connectivity index (χ1v) is 12.4. The van der Waals surface area contributed by atoms with Crippen molar-refractivity contribution < 1.29 is 32.5 Å². The fourth-order valence-electron chi connectivity index (χ4n) is 3.49. The van der Waals surface area contributed by atoms with Crippen molar-refractivity contribution in [3.05, 3.63) is 77.9 Å². The van der Waals surface area contributed by atoms with Crippen LogP contribution in [-0.2, 0) is 21.4 Å². The monoisotopic (exact) mass is 511 g/mol. The lowest BCUT2D eigenvalue weighted by molar-refractivity contribution is -0.121. The molecule has 0 aromatic heterocycles. The normalized spacial score (nSPS) is 13.1. The number of benzene rings is 3. The number of hydrogen-bond acceptors (Lipinski definition) is 8. The van der Waals surface area contributed by atoms with Gasteiger partial charge in [0.25, 0.3) is 5.91 Å². The number of amides is 1. The summed E-state index contributed by atoms with van der Waals surface area (Å²) in [6, 6.07) is 17.9. The van der Waals surface area contributed by atoms with Gasteiger partial charge in [-0.25, -0.2) is 13.8 Å². The number of nitrogens with zero attached hydrogens (tertiary/aromatic N) is 2. The zero-order chi connectivity index (χ0) is 25.5. The molecule has 0 fully saturated rings. The molecule has 0 saturated carbocycles.